The number of aromatic nitrogens is 4. The van der Waals surface area contributed by atoms with Gasteiger partial charge in [-0.1, -0.05) is 12.1 Å². The van der Waals surface area contributed by atoms with E-state index >= 15 is 0 Å². The third kappa shape index (κ3) is 3.21. The Balaban J connectivity index is 1.74. The Morgan fingerprint density at radius 2 is 2.12 bits per heavy atom. The minimum absolute atomic E-state index is 0.126. The number of fused-ring (bicyclic) bond motifs is 1. The van der Waals surface area contributed by atoms with Crippen LogP contribution in [0.5, 0.6) is 0 Å². The molecule has 0 fully saturated rings. The molecule has 0 aliphatic rings. The maximum absolute atomic E-state index is 12.4. The lowest BCUT2D eigenvalue weighted by Gasteiger charge is -2.09. The molecule has 2 heterocycles. The predicted octanol–water partition coefficient (Wildman–Crippen LogP) is 2.62. The van der Waals surface area contributed by atoms with Crippen LogP contribution in [0, 0.1) is 18.6 Å². The van der Waals surface area contributed by atoms with Gasteiger partial charge in [-0.25, -0.2) is 0 Å². The molecule has 0 atom stereocenters. The number of amides is 1. The number of nitrogens with zero attached hydrogens (tertiary/aromatic N) is 3. The second kappa shape index (κ2) is 6.52. The molecule has 6 nitrogen and oxygen atoms in total. The molecule has 2 aromatic heterocycles. The zero-order valence-electron chi connectivity index (χ0n) is 13.9. The summed E-state index contributed by atoms with van der Waals surface area (Å²) in [4.78, 5) is 17.0. The summed E-state index contributed by atoms with van der Waals surface area (Å²) in [5, 5.41) is 10.8. The number of rotatable bonds is 4. The van der Waals surface area contributed by atoms with E-state index in [0.29, 0.717) is 23.3 Å². The van der Waals surface area contributed by atoms with Crippen LogP contribution < -0.4 is 5.32 Å². The maximum Gasteiger partial charge on any atom is 0.253 e. The summed E-state index contributed by atoms with van der Waals surface area (Å²) in [6.45, 7) is 4.37. The quantitative estimate of drug-likeness (QED) is 0.715. The number of carbonyl (C=O) groups excluding carboxylic acids is 1. The van der Waals surface area contributed by atoms with Gasteiger partial charge in [-0.15, -0.1) is 0 Å². The fraction of sp³-hybridized carbons (Fsp3) is 0.294. The van der Waals surface area contributed by atoms with Crippen LogP contribution >= 0.6 is 12.2 Å². The van der Waals surface area contributed by atoms with Gasteiger partial charge >= 0.3 is 0 Å². The van der Waals surface area contributed by atoms with Crippen molar-refractivity contribution in [2.45, 2.75) is 20.3 Å². The van der Waals surface area contributed by atoms with Gasteiger partial charge < -0.3 is 9.88 Å². The van der Waals surface area contributed by atoms with E-state index in [4.69, 9.17) is 12.2 Å². The fourth-order valence-corrected chi connectivity index (χ4v) is 2.74. The highest BCUT2D eigenvalue weighted by atomic mass is 32.1. The molecule has 124 valence electrons. The van der Waals surface area contributed by atoms with Gasteiger partial charge in [0.25, 0.3) is 5.91 Å². The maximum atomic E-state index is 12.4. The second-order valence-electron chi connectivity index (χ2n) is 5.83. The van der Waals surface area contributed by atoms with Crippen LogP contribution in [0.15, 0.2) is 24.3 Å². The van der Waals surface area contributed by atoms with Crippen molar-refractivity contribution in [3.8, 4) is 0 Å². The van der Waals surface area contributed by atoms with Crippen molar-refractivity contribution in [1.82, 2.24) is 25.1 Å². The van der Waals surface area contributed by atoms with Crippen LogP contribution in [0.25, 0.3) is 10.9 Å². The zero-order chi connectivity index (χ0) is 17.3. The van der Waals surface area contributed by atoms with Gasteiger partial charge in [0.2, 0.25) is 0 Å². The Morgan fingerprint density at radius 1 is 1.33 bits per heavy atom. The minimum atomic E-state index is -0.126. The summed E-state index contributed by atoms with van der Waals surface area (Å²) in [7, 11) is 1.85. The molecule has 1 aromatic carbocycles. The van der Waals surface area contributed by atoms with Crippen LogP contribution in [-0.2, 0) is 13.5 Å². The number of aromatic amines is 1. The molecule has 7 heteroatoms. The summed E-state index contributed by atoms with van der Waals surface area (Å²) in [6.07, 6.45) is 0.606. The Bertz CT molecular complexity index is 973. The molecule has 0 radical (unpaired) electrons. The van der Waals surface area contributed by atoms with Crippen molar-refractivity contribution in [2.24, 2.45) is 7.05 Å². The first kappa shape index (κ1) is 16.3. The number of pyridine rings is 1. The number of benzene rings is 1. The van der Waals surface area contributed by atoms with E-state index in [9.17, 15) is 4.79 Å². The lowest BCUT2D eigenvalue weighted by Crippen LogP contribution is -2.27. The average molecular weight is 341 g/mol. The van der Waals surface area contributed by atoms with E-state index in [1.807, 2.05) is 45.2 Å². The molecule has 24 heavy (non-hydrogen) atoms. The van der Waals surface area contributed by atoms with Crippen LogP contribution in [-0.4, -0.2) is 32.2 Å². The highest BCUT2D eigenvalue weighted by Crippen LogP contribution is 2.18. The van der Waals surface area contributed by atoms with Crippen LogP contribution in [0.2, 0.25) is 0 Å². The lowest BCUT2D eigenvalue weighted by molar-refractivity contribution is 0.0953. The van der Waals surface area contributed by atoms with E-state index in [1.165, 1.54) is 0 Å². The smallest absolute Gasteiger partial charge is 0.253 e. The highest BCUT2D eigenvalue weighted by molar-refractivity contribution is 7.71. The first-order valence-corrected chi connectivity index (χ1v) is 8.13. The third-order valence-corrected chi connectivity index (χ3v) is 4.38. The molecule has 0 spiro atoms. The van der Waals surface area contributed by atoms with Crippen molar-refractivity contribution in [1.29, 1.82) is 0 Å². The number of nitrogens with one attached hydrogen (secondary N) is 2. The largest absolute Gasteiger partial charge is 0.352 e. The molecule has 0 unspecified atom stereocenters. The van der Waals surface area contributed by atoms with Gasteiger partial charge in [0.1, 0.15) is 5.82 Å². The van der Waals surface area contributed by atoms with E-state index in [0.717, 1.165) is 28.0 Å². The first-order chi connectivity index (χ1) is 11.5. The van der Waals surface area contributed by atoms with Gasteiger partial charge in [-0.05, 0) is 43.8 Å². The summed E-state index contributed by atoms with van der Waals surface area (Å²) >= 11 is 5.07. The van der Waals surface area contributed by atoms with E-state index in [-0.39, 0.29) is 5.91 Å². The van der Waals surface area contributed by atoms with Gasteiger partial charge in [-0.3, -0.25) is 14.9 Å². The van der Waals surface area contributed by atoms with Gasteiger partial charge in [0.15, 0.2) is 4.77 Å². The van der Waals surface area contributed by atoms with Gasteiger partial charge in [-0.2, -0.15) is 5.10 Å². The highest BCUT2D eigenvalue weighted by Gasteiger charge is 2.12. The summed E-state index contributed by atoms with van der Waals surface area (Å²) < 4.78 is 2.37. The number of hydrogen-bond donors (Lipinski definition) is 2. The molecular formula is C17H19N5OS. The van der Waals surface area contributed by atoms with Gasteiger partial charge in [0, 0.05) is 25.4 Å². The van der Waals surface area contributed by atoms with Crippen molar-refractivity contribution >= 4 is 29.0 Å². The summed E-state index contributed by atoms with van der Waals surface area (Å²) in [5.74, 6) is 0.684. The van der Waals surface area contributed by atoms with Crippen LogP contribution in [0.1, 0.15) is 27.4 Å². The standard InChI is InChI=1S/C17H19N5OS/c1-10-4-5-12-9-13(11(2)19-14(12)8-10)16(23)18-7-6-15-20-21-17(24)22(15)3/h4-5,8-9H,6-7H2,1-3H3,(H,18,23)(H,21,24). The number of H-pyrrole nitrogens is 1. The molecule has 3 aromatic rings. The Labute approximate surface area is 144 Å². The Kier molecular flexibility index (Phi) is 4.44. The monoisotopic (exact) mass is 341 g/mol. The molecule has 0 saturated heterocycles. The molecule has 2 N–H and O–H groups in total. The number of carbonyl (C=O) groups is 1. The Morgan fingerprint density at radius 3 is 2.83 bits per heavy atom. The van der Waals surface area contributed by atoms with Crippen LogP contribution in [0.4, 0.5) is 0 Å². The van der Waals surface area contributed by atoms with Crippen molar-refractivity contribution < 1.29 is 4.79 Å². The predicted molar refractivity (Wildman–Crippen MR) is 95.6 cm³/mol. The normalized spacial score (nSPS) is 11.0. The van der Waals surface area contributed by atoms with E-state index in [1.54, 1.807) is 4.57 Å². The summed E-state index contributed by atoms with van der Waals surface area (Å²) in [6, 6.07) is 7.92. The first-order valence-electron chi connectivity index (χ1n) is 7.72. The molecule has 3 rings (SSSR count). The number of hydrogen-bond acceptors (Lipinski definition) is 4. The SMILES string of the molecule is Cc1ccc2cc(C(=O)NCCc3n[nH]c(=S)n3C)c(C)nc2c1. The van der Waals surface area contributed by atoms with Gasteiger partial charge in [0.05, 0.1) is 16.8 Å². The third-order valence-electron chi connectivity index (χ3n) is 4.01. The topological polar surface area (TPSA) is 75.6 Å². The molecule has 0 aliphatic heterocycles. The van der Waals surface area contributed by atoms with Crippen molar-refractivity contribution in [3.05, 3.63) is 51.7 Å². The second-order valence-corrected chi connectivity index (χ2v) is 6.21. The minimum Gasteiger partial charge on any atom is -0.352 e. The molecule has 0 bridgehead atoms. The molecule has 0 aliphatic carbocycles. The Hall–Kier alpha value is -2.54. The summed E-state index contributed by atoms with van der Waals surface area (Å²) in [5.41, 5.74) is 3.38. The van der Waals surface area contributed by atoms with Crippen molar-refractivity contribution in [3.63, 3.8) is 0 Å². The van der Waals surface area contributed by atoms with E-state index in [2.05, 4.69) is 20.5 Å². The molecule has 0 saturated carbocycles. The van der Waals surface area contributed by atoms with E-state index < -0.39 is 0 Å². The molecule has 1 amide bonds. The lowest BCUT2D eigenvalue weighted by atomic mass is 10.1. The van der Waals surface area contributed by atoms with Crippen LogP contribution in [0.3, 0.4) is 0 Å². The van der Waals surface area contributed by atoms with Crippen molar-refractivity contribution in [2.75, 3.05) is 6.54 Å². The fourth-order valence-electron chi connectivity index (χ4n) is 2.59. The zero-order valence-corrected chi connectivity index (χ0v) is 14.7. The molecular weight excluding hydrogens is 322 g/mol. The number of aryl methyl sites for hydroxylation is 2. The average Bonchev–Trinajstić information content (AvgIpc) is 2.86.